The van der Waals surface area contributed by atoms with E-state index in [-0.39, 0.29) is 28.4 Å². The second-order valence-electron chi connectivity index (χ2n) is 6.28. The van der Waals surface area contributed by atoms with E-state index in [1.807, 2.05) is 0 Å². The Kier molecular flexibility index (Phi) is 2.41. The van der Waals surface area contributed by atoms with Crippen LogP contribution in [0.1, 0.15) is 40.5 Å². The lowest BCUT2D eigenvalue weighted by Gasteiger charge is -2.26. The van der Waals surface area contributed by atoms with E-state index in [1.165, 1.54) is 0 Å². The van der Waals surface area contributed by atoms with Crippen molar-refractivity contribution in [2.24, 2.45) is 16.7 Å². The molecule has 0 aromatic heterocycles. The summed E-state index contributed by atoms with van der Waals surface area (Å²) in [5.41, 5.74) is 0.148. The summed E-state index contributed by atoms with van der Waals surface area (Å²) in [6.07, 6.45) is 1.47. The van der Waals surface area contributed by atoms with E-state index in [2.05, 4.69) is 27.7 Å². The molecule has 2 aliphatic rings. The van der Waals surface area contributed by atoms with Gasteiger partial charge in [0.05, 0.1) is 6.54 Å². The fraction of sp³-hybridized carbons (Fsp3) is 0.846. The van der Waals surface area contributed by atoms with Crippen LogP contribution in [-0.2, 0) is 9.59 Å². The van der Waals surface area contributed by atoms with Gasteiger partial charge in [0.25, 0.3) is 0 Å². The fourth-order valence-corrected chi connectivity index (χ4v) is 3.02. The molecule has 0 aromatic carbocycles. The van der Waals surface area contributed by atoms with Crippen molar-refractivity contribution in [3.63, 3.8) is 0 Å². The van der Waals surface area contributed by atoms with Gasteiger partial charge >= 0.3 is 0 Å². The summed E-state index contributed by atoms with van der Waals surface area (Å²) in [5, 5.41) is 0. The van der Waals surface area contributed by atoms with Gasteiger partial charge in [0.15, 0.2) is 5.78 Å². The van der Waals surface area contributed by atoms with Crippen molar-refractivity contribution in [3.8, 4) is 0 Å². The minimum atomic E-state index is 0.0740. The molecule has 1 amide bonds. The largest absolute Gasteiger partial charge is 0.335 e. The number of hydrogen-bond acceptors (Lipinski definition) is 2. The molecule has 3 nitrogen and oxygen atoms in total. The van der Waals surface area contributed by atoms with Gasteiger partial charge in [-0.1, -0.05) is 27.7 Å². The van der Waals surface area contributed by atoms with E-state index in [0.29, 0.717) is 13.0 Å². The molecule has 2 rings (SSSR count). The van der Waals surface area contributed by atoms with Crippen LogP contribution in [-0.4, -0.2) is 29.7 Å². The Balaban J connectivity index is 2.07. The molecule has 0 atom stereocenters. The van der Waals surface area contributed by atoms with Crippen molar-refractivity contribution in [2.75, 3.05) is 13.1 Å². The van der Waals surface area contributed by atoms with Gasteiger partial charge in [-0.15, -0.1) is 0 Å². The van der Waals surface area contributed by atoms with Crippen LogP contribution >= 0.6 is 0 Å². The van der Waals surface area contributed by atoms with Crippen LogP contribution in [0.25, 0.3) is 0 Å². The predicted octanol–water partition coefficient (Wildman–Crippen LogP) is 1.86. The molecule has 0 aromatic rings. The maximum Gasteiger partial charge on any atom is 0.227 e. The van der Waals surface area contributed by atoms with Crippen molar-refractivity contribution >= 4 is 11.7 Å². The molecule has 90 valence electrons. The van der Waals surface area contributed by atoms with Crippen LogP contribution < -0.4 is 0 Å². The van der Waals surface area contributed by atoms with Crippen molar-refractivity contribution in [3.05, 3.63) is 0 Å². The van der Waals surface area contributed by atoms with E-state index in [1.54, 1.807) is 4.90 Å². The second kappa shape index (κ2) is 3.31. The number of Topliss-reactive ketones (excluding diaryl/α,β-unsaturated/α-hetero) is 1. The first-order valence-electron chi connectivity index (χ1n) is 6.09. The number of carbonyl (C=O) groups excluding carboxylic acids is 2. The van der Waals surface area contributed by atoms with Crippen molar-refractivity contribution in [1.82, 2.24) is 4.90 Å². The van der Waals surface area contributed by atoms with Crippen LogP contribution in [0.3, 0.4) is 0 Å². The smallest absolute Gasteiger partial charge is 0.227 e. The van der Waals surface area contributed by atoms with Crippen molar-refractivity contribution in [2.45, 2.75) is 40.5 Å². The first-order valence-corrected chi connectivity index (χ1v) is 6.09. The zero-order valence-electron chi connectivity index (χ0n) is 10.7. The molecule has 1 saturated carbocycles. The lowest BCUT2D eigenvalue weighted by molar-refractivity contribution is -0.139. The molecule has 0 unspecified atom stereocenters. The number of ketones is 1. The molecule has 1 heterocycles. The summed E-state index contributed by atoms with van der Waals surface area (Å²) in [5.74, 6) is 0.477. The zero-order chi connectivity index (χ0) is 12.1. The number of amides is 1. The number of nitrogens with zero attached hydrogens (tertiary/aromatic N) is 1. The van der Waals surface area contributed by atoms with Crippen molar-refractivity contribution < 1.29 is 9.59 Å². The molecular formula is C13H21NO2. The summed E-state index contributed by atoms with van der Waals surface area (Å²) in [6, 6.07) is 0. The van der Waals surface area contributed by atoms with Gasteiger partial charge in [0, 0.05) is 18.9 Å². The average Bonchev–Trinajstić information content (AvgIpc) is 2.56. The first kappa shape index (κ1) is 11.6. The van der Waals surface area contributed by atoms with Gasteiger partial charge in [0.1, 0.15) is 0 Å². The van der Waals surface area contributed by atoms with Gasteiger partial charge in [0.2, 0.25) is 5.91 Å². The predicted molar refractivity (Wildman–Crippen MR) is 61.9 cm³/mol. The molecule has 1 aliphatic heterocycles. The Morgan fingerprint density at radius 1 is 1.25 bits per heavy atom. The number of hydrogen-bond donors (Lipinski definition) is 0. The topological polar surface area (TPSA) is 37.4 Å². The molecule has 0 bridgehead atoms. The van der Waals surface area contributed by atoms with Crippen molar-refractivity contribution in [1.29, 1.82) is 0 Å². The minimum absolute atomic E-state index is 0.0740. The number of carbonyl (C=O) groups is 2. The lowest BCUT2D eigenvalue weighted by Crippen LogP contribution is -2.41. The summed E-state index contributed by atoms with van der Waals surface area (Å²) >= 11 is 0. The molecule has 3 heteroatoms. The van der Waals surface area contributed by atoms with Gasteiger partial charge < -0.3 is 4.90 Å². The van der Waals surface area contributed by atoms with E-state index in [9.17, 15) is 9.59 Å². The summed E-state index contributed by atoms with van der Waals surface area (Å²) in [6.45, 7) is 9.65. The molecule has 0 radical (unpaired) electrons. The summed E-state index contributed by atoms with van der Waals surface area (Å²) in [4.78, 5) is 25.4. The maximum atomic E-state index is 12.3. The lowest BCUT2D eigenvalue weighted by atomic mass is 10.0. The van der Waals surface area contributed by atoms with E-state index in [4.69, 9.17) is 0 Å². The average molecular weight is 223 g/mol. The Hall–Kier alpha value is -0.860. The van der Waals surface area contributed by atoms with E-state index in [0.717, 1.165) is 13.0 Å². The summed E-state index contributed by atoms with van der Waals surface area (Å²) in [7, 11) is 0. The number of piperidine rings is 1. The Labute approximate surface area is 97.2 Å². The maximum absolute atomic E-state index is 12.3. The highest BCUT2D eigenvalue weighted by Crippen LogP contribution is 2.68. The number of rotatable bonds is 1. The molecule has 0 spiro atoms. The molecule has 1 saturated heterocycles. The Morgan fingerprint density at radius 2 is 1.81 bits per heavy atom. The third-order valence-corrected chi connectivity index (χ3v) is 4.83. The van der Waals surface area contributed by atoms with E-state index < -0.39 is 0 Å². The van der Waals surface area contributed by atoms with E-state index >= 15 is 0 Å². The van der Waals surface area contributed by atoms with Crippen LogP contribution in [0.15, 0.2) is 0 Å². The standard InChI is InChI=1S/C13H21NO2/c1-12(2)10(13(12,3)4)11(16)14-7-5-6-9(15)8-14/h10H,5-8H2,1-4H3. The fourth-order valence-electron chi connectivity index (χ4n) is 3.02. The van der Waals surface area contributed by atoms with Gasteiger partial charge in [-0.2, -0.15) is 0 Å². The first-order chi connectivity index (χ1) is 7.28. The highest BCUT2D eigenvalue weighted by Gasteiger charge is 2.68. The number of likely N-dealkylation sites (tertiary alicyclic amines) is 1. The van der Waals surface area contributed by atoms with Gasteiger partial charge in [-0.05, 0) is 17.3 Å². The van der Waals surface area contributed by atoms with Crippen LogP contribution in [0.2, 0.25) is 0 Å². The SMILES string of the molecule is CC1(C)C(C(=O)N2CCCC(=O)C2)C1(C)C. The molecule has 0 N–H and O–H groups in total. The van der Waals surface area contributed by atoms with Crippen LogP contribution in [0.5, 0.6) is 0 Å². The second-order valence-corrected chi connectivity index (χ2v) is 6.28. The molecule has 1 aliphatic carbocycles. The minimum Gasteiger partial charge on any atom is -0.335 e. The molecular weight excluding hydrogens is 202 g/mol. The molecule has 2 fully saturated rings. The highest BCUT2D eigenvalue weighted by molar-refractivity contribution is 5.90. The Morgan fingerprint density at radius 3 is 2.25 bits per heavy atom. The third kappa shape index (κ3) is 1.48. The normalized spacial score (nSPS) is 28.0. The Bertz CT molecular complexity index is 330. The van der Waals surface area contributed by atoms with Crippen LogP contribution in [0.4, 0.5) is 0 Å². The van der Waals surface area contributed by atoms with Gasteiger partial charge in [-0.3, -0.25) is 9.59 Å². The monoisotopic (exact) mass is 223 g/mol. The third-order valence-electron chi connectivity index (χ3n) is 4.83. The molecule has 16 heavy (non-hydrogen) atoms. The zero-order valence-corrected chi connectivity index (χ0v) is 10.7. The highest BCUT2D eigenvalue weighted by atomic mass is 16.2. The summed E-state index contributed by atoms with van der Waals surface area (Å²) < 4.78 is 0. The van der Waals surface area contributed by atoms with Gasteiger partial charge in [-0.25, -0.2) is 0 Å². The quantitative estimate of drug-likeness (QED) is 0.680. The van der Waals surface area contributed by atoms with Crippen LogP contribution in [0, 0.1) is 16.7 Å².